The summed E-state index contributed by atoms with van der Waals surface area (Å²) in [7, 11) is -3.09. The number of oxazole rings is 1. The van der Waals surface area contributed by atoms with Gasteiger partial charge in [-0.1, -0.05) is 23.9 Å². The van der Waals surface area contributed by atoms with Crippen LogP contribution in [0.15, 0.2) is 33.9 Å². The Bertz CT molecular complexity index is 907. The fourth-order valence-corrected chi connectivity index (χ4v) is 5.33. The molecule has 3 rings (SSSR count). The summed E-state index contributed by atoms with van der Waals surface area (Å²) in [6.45, 7) is 1.74. The number of ether oxygens (including phenoxy) is 1. The van der Waals surface area contributed by atoms with Gasteiger partial charge < -0.3 is 14.1 Å². The van der Waals surface area contributed by atoms with Crippen molar-refractivity contribution < 1.29 is 27.2 Å². The highest BCUT2D eigenvalue weighted by Gasteiger charge is 2.34. The normalized spacial score (nSPS) is 18.5. The van der Waals surface area contributed by atoms with Gasteiger partial charge in [0.2, 0.25) is 0 Å². The summed E-state index contributed by atoms with van der Waals surface area (Å²) in [6.07, 6.45) is 0.420. The van der Waals surface area contributed by atoms with Gasteiger partial charge in [-0.25, -0.2) is 13.4 Å². The number of likely N-dealkylation sites (N-methyl/N-ethyl adjacent to an activating group) is 1. The molecule has 0 N–H and O–H groups in total. The maximum Gasteiger partial charge on any atom is 0.316 e. The van der Waals surface area contributed by atoms with Crippen LogP contribution < -0.4 is 0 Å². The van der Waals surface area contributed by atoms with Gasteiger partial charge in [0.1, 0.15) is 11.3 Å². The first-order valence-corrected chi connectivity index (χ1v) is 11.3. The van der Waals surface area contributed by atoms with Crippen molar-refractivity contribution in [2.45, 2.75) is 24.6 Å². The Morgan fingerprint density at radius 2 is 2.15 bits per heavy atom. The van der Waals surface area contributed by atoms with Crippen molar-refractivity contribution >= 4 is 44.6 Å². The average molecular weight is 412 g/mol. The zero-order chi connectivity index (χ0) is 19.4. The molecule has 2 aromatic rings. The quantitative estimate of drug-likeness (QED) is 0.497. The monoisotopic (exact) mass is 412 g/mol. The number of carbonyl (C=O) groups is 2. The number of benzene rings is 1. The third-order valence-electron chi connectivity index (χ3n) is 4.25. The van der Waals surface area contributed by atoms with E-state index in [1.165, 1.54) is 4.90 Å². The molecule has 146 valence electrons. The third kappa shape index (κ3) is 5.01. The van der Waals surface area contributed by atoms with Gasteiger partial charge in [0.25, 0.3) is 11.1 Å². The van der Waals surface area contributed by atoms with E-state index >= 15 is 0 Å². The van der Waals surface area contributed by atoms with Crippen molar-refractivity contribution in [3.05, 3.63) is 24.3 Å². The van der Waals surface area contributed by atoms with E-state index in [4.69, 9.17) is 9.15 Å². The summed E-state index contributed by atoms with van der Waals surface area (Å²) in [5.74, 6) is -0.939. The molecule has 1 aromatic heterocycles. The van der Waals surface area contributed by atoms with Gasteiger partial charge in [-0.15, -0.1) is 0 Å². The van der Waals surface area contributed by atoms with E-state index in [0.29, 0.717) is 29.3 Å². The molecule has 1 aromatic carbocycles. The number of fused-ring (bicyclic) bond motifs is 1. The van der Waals surface area contributed by atoms with Crippen LogP contribution >= 0.6 is 11.8 Å². The Hall–Kier alpha value is -2.07. The van der Waals surface area contributed by atoms with Crippen molar-refractivity contribution in [2.24, 2.45) is 0 Å². The molecule has 0 spiro atoms. The molecule has 1 saturated heterocycles. The fourth-order valence-electron chi connectivity index (χ4n) is 2.96. The van der Waals surface area contributed by atoms with Crippen molar-refractivity contribution in [3.8, 4) is 0 Å². The second kappa shape index (κ2) is 8.30. The maximum absolute atomic E-state index is 12.3. The third-order valence-corrected chi connectivity index (χ3v) is 6.81. The van der Waals surface area contributed by atoms with Crippen molar-refractivity contribution in [3.63, 3.8) is 0 Å². The summed E-state index contributed by atoms with van der Waals surface area (Å²) in [5, 5.41) is 0.353. The van der Waals surface area contributed by atoms with E-state index < -0.39 is 22.4 Å². The van der Waals surface area contributed by atoms with Gasteiger partial charge in [0.15, 0.2) is 22.0 Å². The van der Waals surface area contributed by atoms with Crippen LogP contribution in [0.25, 0.3) is 11.1 Å². The van der Waals surface area contributed by atoms with Gasteiger partial charge in [0, 0.05) is 12.6 Å². The SMILES string of the molecule is CCN(C(=O)COC(=O)CSc1nc2ccccc2o1)[C@@H]1CCS(=O)(=O)C1. The van der Waals surface area contributed by atoms with Crippen molar-refractivity contribution in [1.29, 1.82) is 0 Å². The smallest absolute Gasteiger partial charge is 0.316 e. The highest BCUT2D eigenvalue weighted by atomic mass is 32.2. The Morgan fingerprint density at radius 3 is 2.81 bits per heavy atom. The Labute approximate surface area is 161 Å². The molecule has 1 fully saturated rings. The summed E-state index contributed by atoms with van der Waals surface area (Å²) in [6, 6.07) is 6.92. The Morgan fingerprint density at radius 1 is 1.37 bits per heavy atom. The molecule has 0 radical (unpaired) electrons. The molecule has 0 aliphatic carbocycles. The molecule has 1 amide bonds. The Kier molecular flexibility index (Phi) is 6.05. The minimum atomic E-state index is -3.09. The molecule has 1 aliphatic rings. The summed E-state index contributed by atoms with van der Waals surface area (Å²) >= 11 is 1.09. The first kappa shape index (κ1) is 19.7. The van der Waals surface area contributed by atoms with Gasteiger partial charge in [-0.3, -0.25) is 9.59 Å². The molecule has 2 heterocycles. The van der Waals surface area contributed by atoms with Crippen LogP contribution in [0.5, 0.6) is 0 Å². The zero-order valence-corrected chi connectivity index (χ0v) is 16.4. The number of esters is 1. The number of nitrogens with zero attached hydrogens (tertiary/aromatic N) is 2. The Balaban J connectivity index is 1.47. The van der Waals surface area contributed by atoms with Crippen LogP contribution in [0.3, 0.4) is 0 Å². The molecular weight excluding hydrogens is 392 g/mol. The molecule has 27 heavy (non-hydrogen) atoms. The topological polar surface area (TPSA) is 107 Å². The number of thioether (sulfide) groups is 1. The van der Waals surface area contributed by atoms with Gasteiger partial charge in [-0.05, 0) is 25.5 Å². The van der Waals surface area contributed by atoms with Crippen LogP contribution in [0.2, 0.25) is 0 Å². The van der Waals surface area contributed by atoms with Crippen LogP contribution in [0.1, 0.15) is 13.3 Å². The first-order chi connectivity index (χ1) is 12.9. The lowest BCUT2D eigenvalue weighted by Gasteiger charge is -2.26. The van der Waals surface area contributed by atoms with E-state index in [9.17, 15) is 18.0 Å². The lowest BCUT2D eigenvalue weighted by molar-refractivity contribution is -0.150. The number of aromatic nitrogens is 1. The van der Waals surface area contributed by atoms with Crippen molar-refractivity contribution in [2.75, 3.05) is 30.4 Å². The predicted molar refractivity (Wildman–Crippen MR) is 100 cm³/mol. The second-order valence-electron chi connectivity index (χ2n) is 6.13. The van der Waals surface area contributed by atoms with Gasteiger partial charge in [-0.2, -0.15) is 0 Å². The van der Waals surface area contributed by atoms with E-state index in [2.05, 4.69) is 4.98 Å². The number of hydrogen-bond acceptors (Lipinski definition) is 8. The summed E-state index contributed by atoms with van der Waals surface area (Å²) in [4.78, 5) is 29.9. The highest BCUT2D eigenvalue weighted by molar-refractivity contribution is 7.99. The van der Waals surface area contributed by atoms with Crippen LogP contribution in [0.4, 0.5) is 0 Å². The molecule has 1 aliphatic heterocycles. The van der Waals surface area contributed by atoms with E-state index in [1.54, 1.807) is 13.0 Å². The summed E-state index contributed by atoms with van der Waals surface area (Å²) in [5.41, 5.74) is 1.34. The predicted octanol–water partition coefficient (Wildman–Crippen LogP) is 1.50. The number of para-hydroxylation sites is 2. The van der Waals surface area contributed by atoms with Crippen LogP contribution in [-0.4, -0.2) is 66.6 Å². The zero-order valence-electron chi connectivity index (χ0n) is 14.8. The maximum atomic E-state index is 12.3. The lowest BCUT2D eigenvalue weighted by atomic mass is 10.2. The molecule has 10 heteroatoms. The van der Waals surface area contributed by atoms with Crippen molar-refractivity contribution in [1.82, 2.24) is 9.88 Å². The largest absolute Gasteiger partial charge is 0.455 e. The van der Waals surface area contributed by atoms with E-state index in [1.807, 2.05) is 18.2 Å². The first-order valence-electron chi connectivity index (χ1n) is 8.52. The standard InChI is InChI=1S/C17H20N2O6S2/c1-2-19(12-7-8-27(22,23)11-12)15(20)9-24-16(21)10-26-17-18-13-5-3-4-6-14(13)25-17/h3-6,12H,2,7-11H2,1H3/t12-/m1/s1. The molecule has 0 bridgehead atoms. The molecular formula is C17H20N2O6S2. The van der Waals surface area contributed by atoms with Crippen LogP contribution in [0, 0.1) is 0 Å². The fraction of sp³-hybridized carbons (Fsp3) is 0.471. The number of rotatable bonds is 7. The highest BCUT2D eigenvalue weighted by Crippen LogP contribution is 2.23. The average Bonchev–Trinajstić information content (AvgIpc) is 3.21. The second-order valence-corrected chi connectivity index (χ2v) is 9.29. The van der Waals surface area contributed by atoms with E-state index in [-0.39, 0.29) is 29.2 Å². The molecule has 0 saturated carbocycles. The van der Waals surface area contributed by atoms with Gasteiger partial charge in [0.05, 0.1) is 11.5 Å². The minimum absolute atomic E-state index is 0.0336. The molecule has 1 atom stereocenters. The number of hydrogen-bond donors (Lipinski definition) is 0. The van der Waals surface area contributed by atoms with E-state index in [0.717, 1.165) is 11.8 Å². The number of amides is 1. The molecule has 8 nitrogen and oxygen atoms in total. The number of sulfone groups is 1. The summed E-state index contributed by atoms with van der Waals surface area (Å²) < 4.78 is 33.7. The molecule has 0 unspecified atom stereocenters. The minimum Gasteiger partial charge on any atom is -0.455 e. The van der Waals surface area contributed by atoms with Crippen LogP contribution in [-0.2, 0) is 24.2 Å². The number of carbonyl (C=O) groups excluding carboxylic acids is 2. The lowest BCUT2D eigenvalue weighted by Crippen LogP contribution is -2.43. The van der Waals surface area contributed by atoms with Gasteiger partial charge >= 0.3 is 5.97 Å².